The summed E-state index contributed by atoms with van der Waals surface area (Å²) < 4.78 is 0. The highest BCUT2D eigenvalue weighted by atomic mass is 16.3. The van der Waals surface area contributed by atoms with Crippen LogP contribution in [0.1, 0.15) is 22.5 Å². The van der Waals surface area contributed by atoms with E-state index in [4.69, 9.17) is 0 Å². The van der Waals surface area contributed by atoms with Gasteiger partial charge in [-0.2, -0.15) is 5.10 Å². The standard InChI is InChI=1S/C21H24N4O2/c1-24(2)18-14-25(13-12-21(18,27)15-8-4-3-5-9-15)20(26)19-16-10-6-7-11-17(16)22-23-19/h3-11,18,27H,12-14H2,1-2H3,(H,22,23)/t18-,21+/m1/s1. The number of hydrogen-bond acceptors (Lipinski definition) is 4. The quantitative estimate of drug-likeness (QED) is 0.748. The monoisotopic (exact) mass is 364 g/mol. The van der Waals surface area contributed by atoms with Crippen molar-refractivity contribution >= 4 is 16.8 Å². The summed E-state index contributed by atoms with van der Waals surface area (Å²) in [5.74, 6) is -0.102. The summed E-state index contributed by atoms with van der Waals surface area (Å²) in [6, 6.07) is 17.2. The van der Waals surface area contributed by atoms with Crippen molar-refractivity contribution < 1.29 is 9.90 Å². The summed E-state index contributed by atoms with van der Waals surface area (Å²) in [5.41, 5.74) is 1.19. The number of nitrogens with one attached hydrogen (secondary N) is 1. The van der Waals surface area contributed by atoms with Gasteiger partial charge < -0.3 is 14.9 Å². The number of likely N-dealkylation sites (N-methyl/N-ethyl adjacent to an activating group) is 1. The van der Waals surface area contributed by atoms with Crippen LogP contribution in [-0.2, 0) is 5.60 Å². The Balaban J connectivity index is 1.63. The predicted octanol–water partition coefficient (Wildman–Crippen LogP) is 2.23. The van der Waals surface area contributed by atoms with Crippen molar-refractivity contribution in [1.82, 2.24) is 20.0 Å². The topological polar surface area (TPSA) is 72.5 Å². The second-order valence-electron chi connectivity index (χ2n) is 7.39. The molecule has 2 N–H and O–H groups in total. The zero-order chi connectivity index (χ0) is 19.0. The molecule has 0 aliphatic carbocycles. The number of para-hydroxylation sites is 1. The van der Waals surface area contributed by atoms with Crippen LogP contribution in [0.3, 0.4) is 0 Å². The SMILES string of the molecule is CN(C)[C@@H]1CN(C(=O)c2n[nH]c3ccccc23)CC[C@]1(O)c1ccccc1. The molecular weight excluding hydrogens is 340 g/mol. The highest BCUT2D eigenvalue weighted by Gasteiger charge is 2.45. The van der Waals surface area contributed by atoms with E-state index < -0.39 is 5.60 Å². The molecule has 6 nitrogen and oxygen atoms in total. The lowest BCUT2D eigenvalue weighted by molar-refractivity contribution is -0.0811. The van der Waals surface area contributed by atoms with Gasteiger partial charge in [0.2, 0.25) is 0 Å². The number of piperidine rings is 1. The zero-order valence-corrected chi connectivity index (χ0v) is 15.6. The van der Waals surface area contributed by atoms with Crippen molar-refractivity contribution in [2.45, 2.75) is 18.1 Å². The Bertz CT molecular complexity index is 953. The summed E-state index contributed by atoms with van der Waals surface area (Å²) in [6.07, 6.45) is 0.480. The smallest absolute Gasteiger partial charge is 0.275 e. The van der Waals surface area contributed by atoms with E-state index in [2.05, 4.69) is 10.2 Å². The molecule has 2 aromatic carbocycles. The van der Waals surface area contributed by atoms with Gasteiger partial charge in [-0.1, -0.05) is 48.5 Å². The molecule has 1 aromatic heterocycles. The Hall–Kier alpha value is -2.70. The van der Waals surface area contributed by atoms with Crippen LogP contribution in [0.5, 0.6) is 0 Å². The number of benzene rings is 2. The summed E-state index contributed by atoms with van der Waals surface area (Å²) in [7, 11) is 3.88. The molecule has 0 spiro atoms. The Morgan fingerprint density at radius 1 is 1.19 bits per heavy atom. The third-order valence-electron chi connectivity index (χ3n) is 5.56. The number of aromatic amines is 1. The number of carbonyl (C=O) groups is 1. The van der Waals surface area contributed by atoms with Crippen LogP contribution in [0.25, 0.3) is 10.9 Å². The van der Waals surface area contributed by atoms with Gasteiger partial charge in [0.25, 0.3) is 5.91 Å². The predicted molar refractivity (Wildman–Crippen MR) is 104 cm³/mol. The molecule has 140 valence electrons. The van der Waals surface area contributed by atoms with Crippen LogP contribution in [-0.4, -0.2) is 64.2 Å². The maximum Gasteiger partial charge on any atom is 0.275 e. The summed E-state index contributed by atoms with van der Waals surface area (Å²) in [4.78, 5) is 16.9. The van der Waals surface area contributed by atoms with E-state index in [1.807, 2.05) is 73.6 Å². The number of hydrogen-bond donors (Lipinski definition) is 2. The molecule has 1 amide bonds. The van der Waals surface area contributed by atoms with Gasteiger partial charge in [0.15, 0.2) is 5.69 Å². The van der Waals surface area contributed by atoms with Gasteiger partial charge in [-0.05, 0) is 32.1 Å². The second kappa shape index (κ2) is 6.79. The minimum Gasteiger partial charge on any atom is -0.383 e. The number of rotatable bonds is 3. The van der Waals surface area contributed by atoms with Gasteiger partial charge in [0.1, 0.15) is 5.60 Å². The highest BCUT2D eigenvalue weighted by Crippen LogP contribution is 2.35. The fourth-order valence-corrected chi connectivity index (χ4v) is 4.04. The first-order valence-electron chi connectivity index (χ1n) is 9.17. The number of amides is 1. The van der Waals surface area contributed by atoms with Crippen LogP contribution >= 0.6 is 0 Å². The van der Waals surface area contributed by atoms with Crippen LogP contribution in [0.4, 0.5) is 0 Å². The lowest BCUT2D eigenvalue weighted by atomic mass is 9.79. The minimum atomic E-state index is -0.991. The van der Waals surface area contributed by atoms with Gasteiger partial charge in [0, 0.05) is 18.5 Å². The maximum atomic E-state index is 13.1. The van der Waals surface area contributed by atoms with E-state index in [1.165, 1.54) is 0 Å². The van der Waals surface area contributed by atoms with Crippen LogP contribution in [0.2, 0.25) is 0 Å². The van der Waals surface area contributed by atoms with Gasteiger partial charge in [-0.3, -0.25) is 9.89 Å². The summed E-state index contributed by atoms with van der Waals surface area (Å²) in [5, 5.41) is 19.5. The Morgan fingerprint density at radius 3 is 2.63 bits per heavy atom. The van der Waals surface area contributed by atoms with E-state index >= 15 is 0 Å². The number of carbonyl (C=O) groups excluding carboxylic acids is 1. The molecule has 0 radical (unpaired) electrons. The van der Waals surface area contributed by atoms with Crippen LogP contribution in [0, 0.1) is 0 Å². The van der Waals surface area contributed by atoms with Gasteiger partial charge in [-0.15, -0.1) is 0 Å². The van der Waals surface area contributed by atoms with Crippen molar-refractivity contribution in [2.24, 2.45) is 0 Å². The molecule has 3 aromatic rings. The number of nitrogens with zero attached hydrogens (tertiary/aromatic N) is 3. The number of likely N-dealkylation sites (tertiary alicyclic amines) is 1. The molecule has 6 heteroatoms. The fraction of sp³-hybridized carbons (Fsp3) is 0.333. The first-order chi connectivity index (χ1) is 13.0. The molecule has 0 saturated carbocycles. The van der Waals surface area contributed by atoms with Crippen molar-refractivity contribution in [2.75, 3.05) is 27.2 Å². The molecule has 1 aliphatic heterocycles. The van der Waals surface area contributed by atoms with Gasteiger partial charge in [0.05, 0.1) is 11.6 Å². The molecule has 2 heterocycles. The Morgan fingerprint density at radius 2 is 1.89 bits per heavy atom. The van der Waals surface area contributed by atoms with Crippen molar-refractivity contribution in [1.29, 1.82) is 0 Å². The second-order valence-corrected chi connectivity index (χ2v) is 7.39. The minimum absolute atomic E-state index is 0.102. The lowest BCUT2D eigenvalue weighted by Crippen LogP contribution is -2.60. The fourth-order valence-electron chi connectivity index (χ4n) is 4.04. The number of H-pyrrole nitrogens is 1. The first-order valence-corrected chi connectivity index (χ1v) is 9.17. The molecule has 0 bridgehead atoms. The summed E-state index contributed by atoms with van der Waals surface area (Å²) in [6.45, 7) is 0.925. The number of fused-ring (bicyclic) bond motifs is 1. The number of aliphatic hydroxyl groups is 1. The van der Waals surface area contributed by atoms with E-state index in [-0.39, 0.29) is 11.9 Å². The third-order valence-corrected chi connectivity index (χ3v) is 5.56. The molecular formula is C21H24N4O2. The molecule has 1 fully saturated rings. The molecule has 1 saturated heterocycles. The summed E-state index contributed by atoms with van der Waals surface area (Å²) >= 11 is 0. The molecule has 0 unspecified atom stereocenters. The lowest BCUT2D eigenvalue weighted by Gasteiger charge is -2.47. The maximum absolute atomic E-state index is 13.1. The van der Waals surface area contributed by atoms with Crippen LogP contribution < -0.4 is 0 Å². The average molecular weight is 364 g/mol. The normalized spacial score (nSPS) is 23.1. The van der Waals surface area contributed by atoms with E-state index in [0.29, 0.717) is 25.2 Å². The molecule has 2 atom stereocenters. The number of aromatic nitrogens is 2. The third kappa shape index (κ3) is 3.01. The van der Waals surface area contributed by atoms with E-state index in [9.17, 15) is 9.90 Å². The first kappa shape index (κ1) is 17.7. The molecule has 27 heavy (non-hydrogen) atoms. The largest absolute Gasteiger partial charge is 0.383 e. The van der Waals surface area contributed by atoms with E-state index in [0.717, 1.165) is 16.5 Å². The van der Waals surface area contributed by atoms with Crippen molar-refractivity contribution in [3.05, 3.63) is 65.9 Å². The van der Waals surface area contributed by atoms with Gasteiger partial charge >= 0.3 is 0 Å². The Labute approximate surface area is 158 Å². The average Bonchev–Trinajstić information content (AvgIpc) is 3.12. The van der Waals surface area contributed by atoms with Crippen molar-refractivity contribution in [3.63, 3.8) is 0 Å². The highest BCUT2D eigenvalue weighted by molar-refractivity contribution is 6.04. The molecule has 4 rings (SSSR count). The van der Waals surface area contributed by atoms with E-state index in [1.54, 1.807) is 4.90 Å². The molecule has 1 aliphatic rings. The van der Waals surface area contributed by atoms with Gasteiger partial charge in [-0.25, -0.2) is 0 Å². The zero-order valence-electron chi connectivity index (χ0n) is 15.6. The Kier molecular flexibility index (Phi) is 4.45. The van der Waals surface area contributed by atoms with Crippen molar-refractivity contribution in [3.8, 4) is 0 Å². The van der Waals surface area contributed by atoms with Crippen LogP contribution in [0.15, 0.2) is 54.6 Å².